The van der Waals surface area contributed by atoms with Gasteiger partial charge in [0.2, 0.25) is 0 Å². The molecule has 0 atom stereocenters. The number of anilines is 1. The number of fused-ring (bicyclic) bond motifs is 1. The van der Waals surface area contributed by atoms with Gasteiger partial charge in [-0.25, -0.2) is 0 Å². The molecule has 0 bridgehead atoms. The highest BCUT2D eigenvalue weighted by Gasteiger charge is 2.31. The second kappa shape index (κ2) is 5.65. The molecular weight excluding hydrogens is 302 g/mol. The number of carboxylic acids is 1. The molecule has 0 saturated carbocycles. The molecule has 2 heterocycles. The van der Waals surface area contributed by atoms with E-state index in [1.807, 2.05) is 30.5 Å². The van der Waals surface area contributed by atoms with E-state index in [1.54, 1.807) is 18.2 Å². The minimum absolute atomic E-state index is 0.125. The number of hydrogen-bond acceptors (Lipinski definition) is 4. The van der Waals surface area contributed by atoms with E-state index in [2.05, 4.69) is 0 Å². The van der Waals surface area contributed by atoms with Crippen LogP contribution in [0.1, 0.15) is 10.4 Å². The zero-order valence-corrected chi connectivity index (χ0v) is 12.6. The van der Waals surface area contributed by atoms with Crippen LogP contribution in [0, 0.1) is 6.92 Å². The van der Waals surface area contributed by atoms with Gasteiger partial charge in [0.25, 0.3) is 5.91 Å². The maximum absolute atomic E-state index is 12.5. The van der Waals surface area contributed by atoms with Crippen LogP contribution in [0.25, 0.3) is 6.08 Å². The summed E-state index contributed by atoms with van der Waals surface area (Å²) in [5.74, 6) is -0.915. The van der Waals surface area contributed by atoms with E-state index in [-0.39, 0.29) is 5.76 Å². The van der Waals surface area contributed by atoms with Crippen molar-refractivity contribution in [2.45, 2.75) is 6.92 Å². The SMILES string of the molecule is Cc1ccc2c(c1)N(CC(=O)O)C(=O)/C(=C\c1cccs1)O2. The number of hydrogen-bond donors (Lipinski definition) is 1. The van der Waals surface area contributed by atoms with E-state index in [9.17, 15) is 9.59 Å². The molecule has 6 heteroatoms. The predicted molar refractivity (Wildman–Crippen MR) is 84.1 cm³/mol. The highest BCUT2D eigenvalue weighted by molar-refractivity contribution is 7.10. The smallest absolute Gasteiger partial charge is 0.323 e. The van der Waals surface area contributed by atoms with Crippen molar-refractivity contribution in [3.63, 3.8) is 0 Å². The number of carboxylic acid groups (broad SMARTS) is 1. The zero-order chi connectivity index (χ0) is 15.7. The monoisotopic (exact) mass is 315 g/mol. The van der Waals surface area contributed by atoms with E-state index < -0.39 is 18.4 Å². The van der Waals surface area contributed by atoms with Crippen LogP contribution in [0.3, 0.4) is 0 Å². The van der Waals surface area contributed by atoms with Crippen LogP contribution in [0.5, 0.6) is 5.75 Å². The van der Waals surface area contributed by atoms with E-state index in [1.165, 1.54) is 16.2 Å². The quantitative estimate of drug-likeness (QED) is 0.884. The molecule has 0 spiro atoms. The molecule has 0 unspecified atom stereocenters. The van der Waals surface area contributed by atoms with E-state index in [0.29, 0.717) is 11.4 Å². The highest BCUT2D eigenvalue weighted by Crippen LogP contribution is 2.36. The van der Waals surface area contributed by atoms with Gasteiger partial charge in [0.05, 0.1) is 5.69 Å². The van der Waals surface area contributed by atoms with Crippen molar-refractivity contribution < 1.29 is 19.4 Å². The molecule has 0 radical (unpaired) electrons. The van der Waals surface area contributed by atoms with Crippen molar-refractivity contribution in [1.82, 2.24) is 0 Å². The second-order valence-corrected chi connectivity index (χ2v) is 5.86. The van der Waals surface area contributed by atoms with Crippen molar-refractivity contribution in [3.8, 4) is 5.75 Å². The molecule has 1 aromatic heterocycles. The van der Waals surface area contributed by atoms with Gasteiger partial charge in [0.15, 0.2) is 11.5 Å². The predicted octanol–water partition coefficient (Wildman–Crippen LogP) is 2.91. The lowest BCUT2D eigenvalue weighted by molar-refractivity contribution is -0.136. The normalized spacial score (nSPS) is 15.6. The number of carbonyl (C=O) groups is 2. The minimum Gasteiger partial charge on any atom is -0.480 e. The summed E-state index contributed by atoms with van der Waals surface area (Å²) in [5, 5.41) is 11.0. The Morgan fingerprint density at radius 3 is 2.91 bits per heavy atom. The largest absolute Gasteiger partial charge is 0.480 e. The summed E-state index contributed by atoms with van der Waals surface area (Å²) >= 11 is 1.47. The molecule has 1 aliphatic heterocycles. The van der Waals surface area contributed by atoms with Gasteiger partial charge in [-0.2, -0.15) is 0 Å². The Hall–Kier alpha value is -2.60. The second-order valence-electron chi connectivity index (χ2n) is 4.88. The fraction of sp³-hybridized carbons (Fsp3) is 0.125. The van der Waals surface area contributed by atoms with Gasteiger partial charge in [-0.05, 0) is 36.1 Å². The molecule has 1 amide bonds. The average molecular weight is 315 g/mol. The third kappa shape index (κ3) is 2.73. The maximum Gasteiger partial charge on any atom is 0.323 e. The first-order valence-corrected chi connectivity index (χ1v) is 7.50. The lowest BCUT2D eigenvalue weighted by atomic mass is 10.1. The number of benzene rings is 1. The van der Waals surface area contributed by atoms with Gasteiger partial charge in [0.1, 0.15) is 6.54 Å². The minimum atomic E-state index is -1.07. The standard InChI is InChI=1S/C16H13NO4S/c1-10-4-5-13-12(7-10)17(9-15(18)19)16(20)14(21-13)8-11-3-2-6-22-11/h2-8H,9H2,1H3,(H,18,19)/b14-8+. The summed E-state index contributed by atoms with van der Waals surface area (Å²) in [6.45, 7) is 1.47. The van der Waals surface area contributed by atoms with Crippen molar-refractivity contribution in [2.75, 3.05) is 11.4 Å². The first-order valence-electron chi connectivity index (χ1n) is 6.62. The molecule has 1 N–H and O–H groups in total. The average Bonchev–Trinajstić information content (AvgIpc) is 2.97. The summed E-state index contributed by atoms with van der Waals surface area (Å²) in [6, 6.07) is 9.08. The fourth-order valence-electron chi connectivity index (χ4n) is 2.22. The molecule has 1 aromatic carbocycles. The summed E-state index contributed by atoms with van der Waals surface area (Å²) in [7, 11) is 0. The Morgan fingerprint density at radius 2 is 2.23 bits per heavy atom. The van der Waals surface area contributed by atoms with Crippen molar-refractivity contribution in [1.29, 1.82) is 0 Å². The molecule has 2 aromatic rings. The molecule has 1 aliphatic rings. The number of aryl methyl sites for hydroxylation is 1. The molecule has 0 fully saturated rings. The third-order valence-electron chi connectivity index (χ3n) is 3.19. The van der Waals surface area contributed by atoms with Crippen LogP contribution in [-0.2, 0) is 9.59 Å². The fourth-order valence-corrected chi connectivity index (χ4v) is 2.86. The third-order valence-corrected chi connectivity index (χ3v) is 4.01. The lowest BCUT2D eigenvalue weighted by Gasteiger charge is -2.29. The zero-order valence-electron chi connectivity index (χ0n) is 11.8. The number of rotatable bonds is 3. The van der Waals surface area contributed by atoms with Gasteiger partial charge in [-0.15, -0.1) is 11.3 Å². The summed E-state index contributed by atoms with van der Waals surface area (Å²) in [5.41, 5.74) is 1.41. The molecule has 3 rings (SSSR count). The summed E-state index contributed by atoms with van der Waals surface area (Å²) in [6.07, 6.45) is 1.63. The highest BCUT2D eigenvalue weighted by atomic mass is 32.1. The van der Waals surface area contributed by atoms with Crippen LogP contribution in [0.2, 0.25) is 0 Å². The summed E-state index contributed by atoms with van der Waals surface area (Å²) in [4.78, 5) is 25.7. The number of aliphatic carboxylic acids is 1. The Balaban J connectivity index is 2.06. The first-order chi connectivity index (χ1) is 10.5. The van der Waals surface area contributed by atoms with Crippen LogP contribution in [-0.4, -0.2) is 23.5 Å². The number of carbonyl (C=O) groups excluding carboxylic acids is 1. The van der Waals surface area contributed by atoms with E-state index in [4.69, 9.17) is 9.84 Å². The van der Waals surface area contributed by atoms with Gasteiger partial charge in [-0.1, -0.05) is 12.1 Å². The Kier molecular flexibility index (Phi) is 3.68. The molecular formula is C16H13NO4S. The summed E-state index contributed by atoms with van der Waals surface area (Å²) < 4.78 is 5.67. The van der Waals surface area contributed by atoms with Crippen molar-refractivity contribution in [3.05, 3.63) is 51.9 Å². The molecule has 0 saturated heterocycles. The van der Waals surface area contributed by atoms with E-state index >= 15 is 0 Å². The van der Waals surface area contributed by atoms with Gasteiger partial charge >= 0.3 is 5.97 Å². The van der Waals surface area contributed by atoms with Crippen molar-refractivity contribution >= 4 is 35.0 Å². The van der Waals surface area contributed by atoms with Crippen LogP contribution in [0.15, 0.2) is 41.5 Å². The number of ether oxygens (including phenoxy) is 1. The van der Waals surface area contributed by atoms with Crippen LogP contribution >= 0.6 is 11.3 Å². The maximum atomic E-state index is 12.5. The van der Waals surface area contributed by atoms with E-state index in [0.717, 1.165) is 10.4 Å². The molecule has 112 valence electrons. The van der Waals surface area contributed by atoms with Gasteiger partial charge in [0, 0.05) is 11.0 Å². The van der Waals surface area contributed by atoms with Crippen molar-refractivity contribution in [2.24, 2.45) is 0 Å². The molecule has 22 heavy (non-hydrogen) atoms. The Labute approximate surface area is 131 Å². The Bertz CT molecular complexity index is 764. The topological polar surface area (TPSA) is 66.8 Å². The van der Waals surface area contributed by atoms with Crippen LogP contribution in [0.4, 0.5) is 5.69 Å². The molecule has 0 aliphatic carbocycles. The lowest BCUT2D eigenvalue weighted by Crippen LogP contribution is -2.40. The number of nitrogens with zero attached hydrogens (tertiary/aromatic N) is 1. The number of amides is 1. The Morgan fingerprint density at radius 1 is 1.41 bits per heavy atom. The molecule has 5 nitrogen and oxygen atoms in total. The van der Waals surface area contributed by atoms with Crippen LogP contribution < -0.4 is 9.64 Å². The number of thiophene rings is 1. The van der Waals surface area contributed by atoms with Gasteiger partial charge in [-0.3, -0.25) is 14.5 Å². The first kappa shape index (κ1) is 14.3. The van der Waals surface area contributed by atoms with Gasteiger partial charge < -0.3 is 9.84 Å².